The molecule has 0 radical (unpaired) electrons. The highest BCUT2D eigenvalue weighted by atomic mass is 35.5. The minimum Gasteiger partial charge on any atom is -0.337 e. The molecule has 1 aliphatic heterocycles. The van der Waals surface area contributed by atoms with Gasteiger partial charge in [-0.3, -0.25) is 9.69 Å². The van der Waals surface area contributed by atoms with Gasteiger partial charge in [-0.25, -0.2) is 4.68 Å². The van der Waals surface area contributed by atoms with Crippen molar-refractivity contribution in [3.05, 3.63) is 46.2 Å². The van der Waals surface area contributed by atoms with Gasteiger partial charge in [0.25, 0.3) is 0 Å². The van der Waals surface area contributed by atoms with E-state index in [1.165, 1.54) is 17.7 Å². The van der Waals surface area contributed by atoms with Crippen molar-refractivity contribution in [2.24, 2.45) is 5.92 Å². The molecule has 29 heavy (non-hydrogen) atoms. The van der Waals surface area contributed by atoms with Crippen LogP contribution in [-0.4, -0.2) is 45.1 Å². The molecule has 0 atom stereocenters. The molecular weight excluding hydrogens is 384 g/mol. The molecule has 2 heterocycles. The van der Waals surface area contributed by atoms with Crippen molar-refractivity contribution in [1.29, 1.82) is 0 Å². The number of fused-ring (bicyclic) bond motifs is 1. The number of aromatic nitrogens is 2. The third-order valence-electron chi connectivity index (χ3n) is 6.30. The number of hydrogen-bond acceptors (Lipinski definition) is 3. The van der Waals surface area contributed by atoms with Crippen LogP contribution in [0.15, 0.2) is 24.3 Å². The topological polar surface area (TPSA) is 41.4 Å². The molecule has 1 aliphatic carbocycles. The molecule has 0 saturated heterocycles. The molecule has 1 fully saturated rings. The van der Waals surface area contributed by atoms with Crippen LogP contribution in [0.5, 0.6) is 0 Å². The lowest BCUT2D eigenvalue weighted by Crippen LogP contribution is -2.39. The second-order valence-corrected chi connectivity index (χ2v) is 8.71. The Bertz CT molecular complexity index is 874. The van der Waals surface area contributed by atoms with Crippen molar-refractivity contribution in [1.82, 2.24) is 19.6 Å². The van der Waals surface area contributed by atoms with Crippen LogP contribution < -0.4 is 0 Å². The molecule has 1 amide bonds. The Morgan fingerprint density at radius 1 is 1.31 bits per heavy atom. The van der Waals surface area contributed by atoms with Gasteiger partial charge in [0.1, 0.15) is 0 Å². The Morgan fingerprint density at radius 2 is 2.14 bits per heavy atom. The van der Waals surface area contributed by atoms with Crippen molar-refractivity contribution in [3.8, 4) is 5.69 Å². The first-order valence-electron chi connectivity index (χ1n) is 11.0. The lowest BCUT2D eigenvalue weighted by molar-refractivity contribution is -0.138. The summed E-state index contributed by atoms with van der Waals surface area (Å²) in [5, 5.41) is 5.72. The van der Waals surface area contributed by atoms with Crippen LogP contribution in [0, 0.1) is 5.92 Å². The predicted octanol–water partition coefficient (Wildman–Crippen LogP) is 4.44. The molecular formula is C23H31ClN4O. The van der Waals surface area contributed by atoms with Crippen LogP contribution in [0.4, 0.5) is 0 Å². The van der Waals surface area contributed by atoms with Gasteiger partial charge in [0.05, 0.1) is 23.6 Å². The van der Waals surface area contributed by atoms with Crippen molar-refractivity contribution >= 4 is 17.5 Å². The average molecular weight is 415 g/mol. The number of nitrogens with zero attached hydrogens (tertiary/aromatic N) is 4. The third-order valence-corrected chi connectivity index (χ3v) is 6.54. The van der Waals surface area contributed by atoms with Crippen LogP contribution in [0.3, 0.4) is 0 Å². The number of amides is 1. The van der Waals surface area contributed by atoms with E-state index in [0.717, 1.165) is 63.2 Å². The molecule has 1 aromatic heterocycles. The fourth-order valence-corrected chi connectivity index (χ4v) is 4.62. The minimum atomic E-state index is 0.220. The summed E-state index contributed by atoms with van der Waals surface area (Å²) in [5.41, 5.74) is 4.60. The molecule has 2 aromatic rings. The fourth-order valence-electron chi connectivity index (χ4n) is 4.44. The summed E-state index contributed by atoms with van der Waals surface area (Å²) in [6.07, 6.45) is 5.37. The summed E-state index contributed by atoms with van der Waals surface area (Å²) in [5.74, 6) is 0.517. The number of benzene rings is 1. The smallest absolute Gasteiger partial charge is 0.226 e. The lowest BCUT2D eigenvalue weighted by atomic mass is 9.84. The summed E-state index contributed by atoms with van der Waals surface area (Å²) in [7, 11) is 0. The first-order chi connectivity index (χ1) is 14.1. The highest BCUT2D eigenvalue weighted by Crippen LogP contribution is 2.31. The van der Waals surface area contributed by atoms with E-state index in [4.69, 9.17) is 16.7 Å². The number of halogens is 1. The van der Waals surface area contributed by atoms with E-state index >= 15 is 0 Å². The maximum absolute atomic E-state index is 12.9. The van der Waals surface area contributed by atoms with E-state index < -0.39 is 0 Å². The van der Waals surface area contributed by atoms with Crippen LogP contribution in [0.2, 0.25) is 5.02 Å². The van der Waals surface area contributed by atoms with Gasteiger partial charge >= 0.3 is 0 Å². The summed E-state index contributed by atoms with van der Waals surface area (Å²) in [6, 6.07) is 7.88. The van der Waals surface area contributed by atoms with Gasteiger partial charge in [-0.15, -0.1) is 0 Å². The monoisotopic (exact) mass is 414 g/mol. The van der Waals surface area contributed by atoms with Gasteiger partial charge in [-0.2, -0.15) is 5.10 Å². The number of carbonyl (C=O) groups is 1. The Kier molecular flexibility index (Phi) is 6.26. The number of rotatable bonds is 7. The van der Waals surface area contributed by atoms with Crippen molar-refractivity contribution in [3.63, 3.8) is 0 Å². The number of carbonyl (C=O) groups excluding carboxylic acids is 1. The van der Waals surface area contributed by atoms with Crippen molar-refractivity contribution in [2.45, 2.75) is 59.0 Å². The van der Waals surface area contributed by atoms with E-state index in [2.05, 4.69) is 29.5 Å². The van der Waals surface area contributed by atoms with Gasteiger partial charge < -0.3 is 4.90 Å². The van der Waals surface area contributed by atoms with Gasteiger partial charge in [-0.1, -0.05) is 31.0 Å². The zero-order valence-corrected chi connectivity index (χ0v) is 18.3. The summed E-state index contributed by atoms with van der Waals surface area (Å²) >= 11 is 6.25. The largest absolute Gasteiger partial charge is 0.337 e. The van der Waals surface area contributed by atoms with E-state index in [1.807, 2.05) is 23.1 Å². The summed E-state index contributed by atoms with van der Waals surface area (Å²) in [6.45, 7) is 8.68. The molecule has 0 unspecified atom stereocenters. The maximum Gasteiger partial charge on any atom is 0.226 e. The highest BCUT2D eigenvalue weighted by molar-refractivity contribution is 6.30. The van der Waals surface area contributed by atoms with Crippen molar-refractivity contribution in [2.75, 3.05) is 19.6 Å². The van der Waals surface area contributed by atoms with Gasteiger partial charge in [0.15, 0.2) is 0 Å². The average Bonchev–Trinajstić information content (AvgIpc) is 3.03. The molecule has 5 nitrogen and oxygen atoms in total. The normalized spacial score (nSPS) is 17.1. The standard InChI is InChI=1S/C23H31ClN4O/c1-3-12-26-13-11-22-20(15-26)21(16-27(4-2)23(29)17-7-5-8-17)25-28(22)19-10-6-9-18(24)14-19/h6,9-10,14,17H,3-5,7-8,11-13,15-16H2,1-2H3. The molecule has 4 rings (SSSR count). The Balaban J connectivity index is 1.67. The van der Waals surface area contributed by atoms with Gasteiger partial charge in [-0.05, 0) is 50.9 Å². The van der Waals surface area contributed by atoms with Gasteiger partial charge in [0.2, 0.25) is 5.91 Å². The molecule has 6 heteroatoms. The van der Waals surface area contributed by atoms with E-state index in [1.54, 1.807) is 0 Å². The number of hydrogen-bond donors (Lipinski definition) is 0. The van der Waals surface area contributed by atoms with E-state index in [9.17, 15) is 4.79 Å². The minimum absolute atomic E-state index is 0.220. The predicted molar refractivity (Wildman–Crippen MR) is 116 cm³/mol. The molecule has 0 N–H and O–H groups in total. The summed E-state index contributed by atoms with van der Waals surface area (Å²) in [4.78, 5) is 17.4. The zero-order valence-electron chi connectivity index (χ0n) is 17.5. The van der Waals surface area contributed by atoms with Crippen LogP contribution in [0.1, 0.15) is 56.5 Å². The second-order valence-electron chi connectivity index (χ2n) is 8.27. The van der Waals surface area contributed by atoms with Gasteiger partial charge in [0, 0.05) is 42.6 Å². The molecule has 0 bridgehead atoms. The maximum atomic E-state index is 12.9. The Morgan fingerprint density at radius 3 is 2.79 bits per heavy atom. The lowest BCUT2D eigenvalue weighted by Gasteiger charge is -2.31. The molecule has 0 spiro atoms. The zero-order chi connectivity index (χ0) is 20.4. The third kappa shape index (κ3) is 4.22. The fraction of sp³-hybridized carbons (Fsp3) is 0.565. The molecule has 156 valence electrons. The van der Waals surface area contributed by atoms with Crippen molar-refractivity contribution < 1.29 is 4.79 Å². The molecule has 1 saturated carbocycles. The first-order valence-corrected chi connectivity index (χ1v) is 11.3. The van der Waals surface area contributed by atoms with Crippen LogP contribution >= 0.6 is 11.6 Å². The SMILES string of the molecule is CCCN1CCc2c(c(CN(CC)C(=O)C3CCC3)nn2-c2cccc(Cl)c2)C1. The second kappa shape index (κ2) is 8.88. The molecule has 1 aromatic carbocycles. The first kappa shape index (κ1) is 20.4. The molecule has 2 aliphatic rings. The van der Waals surface area contributed by atoms with Crippen LogP contribution in [-0.2, 0) is 24.3 Å². The highest BCUT2D eigenvalue weighted by Gasteiger charge is 2.31. The Labute approximate surface area is 178 Å². The van der Waals surface area contributed by atoms with Crippen LogP contribution in [0.25, 0.3) is 5.69 Å². The van der Waals surface area contributed by atoms with E-state index in [0.29, 0.717) is 17.5 Å². The quantitative estimate of drug-likeness (QED) is 0.672. The van der Waals surface area contributed by atoms with E-state index in [-0.39, 0.29) is 5.92 Å². The summed E-state index contributed by atoms with van der Waals surface area (Å²) < 4.78 is 2.06. The Hall–Kier alpha value is -1.85.